The highest BCUT2D eigenvalue weighted by molar-refractivity contribution is 7.71. The molecule has 0 amide bonds. The number of nitrogens with zero attached hydrogens (tertiary/aromatic N) is 3. The first-order chi connectivity index (χ1) is 11.3. The monoisotopic (exact) mass is 327 g/mol. The van der Waals surface area contributed by atoms with Crippen LogP contribution in [0.3, 0.4) is 0 Å². The summed E-state index contributed by atoms with van der Waals surface area (Å²) in [5, 5.41) is 7.07. The summed E-state index contributed by atoms with van der Waals surface area (Å²) in [7, 11) is 0. The van der Waals surface area contributed by atoms with Gasteiger partial charge in [-0.15, -0.1) is 0 Å². The number of benzene rings is 1. The molecule has 0 bridgehead atoms. The first kappa shape index (κ1) is 13.8. The van der Waals surface area contributed by atoms with Gasteiger partial charge in [0.2, 0.25) is 11.6 Å². The molecule has 1 aliphatic rings. The van der Waals surface area contributed by atoms with Crippen molar-refractivity contribution < 1.29 is 9.47 Å². The number of aromatic nitrogens is 4. The van der Waals surface area contributed by atoms with Crippen LogP contribution in [0.15, 0.2) is 42.7 Å². The van der Waals surface area contributed by atoms with E-state index in [-0.39, 0.29) is 6.79 Å². The smallest absolute Gasteiger partial charge is 0.231 e. The number of H-pyrrole nitrogens is 1. The van der Waals surface area contributed by atoms with Crippen molar-refractivity contribution in [2.75, 3.05) is 12.2 Å². The van der Waals surface area contributed by atoms with Gasteiger partial charge in [-0.25, -0.2) is 9.77 Å². The molecule has 0 fully saturated rings. The van der Waals surface area contributed by atoms with Crippen molar-refractivity contribution in [2.45, 2.75) is 6.54 Å². The van der Waals surface area contributed by atoms with E-state index >= 15 is 0 Å². The van der Waals surface area contributed by atoms with Crippen molar-refractivity contribution >= 4 is 12.2 Å². The molecule has 0 aliphatic carbocycles. The Morgan fingerprint density at radius 2 is 2.00 bits per heavy atom. The first-order valence-electron chi connectivity index (χ1n) is 7.01. The highest BCUT2D eigenvalue weighted by Crippen LogP contribution is 2.32. The molecular weight excluding hydrogens is 314 g/mol. The average Bonchev–Trinajstić information content (AvgIpc) is 3.19. The minimum absolute atomic E-state index is 0.269. The van der Waals surface area contributed by atoms with Crippen molar-refractivity contribution in [3.63, 3.8) is 0 Å². The highest BCUT2D eigenvalue weighted by Gasteiger charge is 2.13. The van der Waals surface area contributed by atoms with Crippen LogP contribution >= 0.6 is 12.2 Å². The number of fused-ring (bicyclic) bond motifs is 1. The summed E-state index contributed by atoms with van der Waals surface area (Å²) in [5.74, 6) is 2.23. The van der Waals surface area contributed by atoms with Crippen LogP contribution in [0, 0.1) is 4.77 Å². The maximum Gasteiger partial charge on any atom is 0.231 e. The standard InChI is InChI=1S/C15H13N5O2S/c23-15-19-18-14(11-3-5-16-6-4-11)20(15)17-8-10-1-2-12-13(7-10)22-9-21-12/h1-7,17H,8-9H2,(H,19,23). The van der Waals surface area contributed by atoms with Gasteiger partial charge >= 0.3 is 0 Å². The summed E-state index contributed by atoms with van der Waals surface area (Å²) in [6.45, 7) is 0.841. The normalized spacial score (nSPS) is 12.3. The van der Waals surface area contributed by atoms with Gasteiger partial charge in [-0.3, -0.25) is 4.98 Å². The molecule has 0 radical (unpaired) electrons. The van der Waals surface area contributed by atoms with Gasteiger partial charge in [0.1, 0.15) is 0 Å². The first-order valence-corrected chi connectivity index (χ1v) is 7.42. The Bertz CT molecular complexity index is 890. The molecule has 116 valence electrons. The summed E-state index contributed by atoms with van der Waals surface area (Å²) < 4.78 is 12.9. The zero-order valence-electron chi connectivity index (χ0n) is 12.0. The summed E-state index contributed by atoms with van der Waals surface area (Å²) in [4.78, 5) is 4.01. The third-order valence-electron chi connectivity index (χ3n) is 3.49. The second-order valence-electron chi connectivity index (χ2n) is 4.95. The van der Waals surface area contributed by atoms with E-state index in [4.69, 9.17) is 21.7 Å². The molecule has 4 rings (SSSR count). The lowest BCUT2D eigenvalue weighted by Crippen LogP contribution is -2.15. The number of ether oxygens (including phenoxy) is 2. The van der Waals surface area contributed by atoms with E-state index < -0.39 is 0 Å². The number of nitrogens with one attached hydrogen (secondary N) is 2. The number of rotatable bonds is 4. The van der Waals surface area contributed by atoms with E-state index in [0.717, 1.165) is 22.6 Å². The minimum Gasteiger partial charge on any atom is -0.454 e. The molecule has 0 saturated heterocycles. The lowest BCUT2D eigenvalue weighted by molar-refractivity contribution is 0.174. The molecule has 0 spiro atoms. The van der Waals surface area contributed by atoms with Gasteiger partial charge < -0.3 is 14.9 Å². The van der Waals surface area contributed by atoms with Crippen LogP contribution in [0.5, 0.6) is 11.5 Å². The fourth-order valence-corrected chi connectivity index (χ4v) is 2.56. The minimum atomic E-state index is 0.269. The number of hydrogen-bond donors (Lipinski definition) is 2. The van der Waals surface area contributed by atoms with Gasteiger partial charge in [0.05, 0.1) is 6.54 Å². The summed E-state index contributed by atoms with van der Waals surface area (Å²) in [6, 6.07) is 9.59. The predicted molar refractivity (Wildman–Crippen MR) is 86.3 cm³/mol. The van der Waals surface area contributed by atoms with Gasteiger partial charge in [-0.2, -0.15) is 5.10 Å². The van der Waals surface area contributed by atoms with E-state index in [0.29, 0.717) is 17.1 Å². The molecule has 23 heavy (non-hydrogen) atoms. The zero-order chi connectivity index (χ0) is 15.6. The third kappa shape index (κ3) is 2.64. The van der Waals surface area contributed by atoms with Crippen LogP contribution in [0.25, 0.3) is 11.4 Å². The number of pyridine rings is 1. The highest BCUT2D eigenvalue weighted by atomic mass is 32.1. The van der Waals surface area contributed by atoms with Crippen molar-refractivity contribution in [3.8, 4) is 22.9 Å². The Morgan fingerprint density at radius 3 is 2.87 bits per heavy atom. The molecule has 2 N–H and O–H groups in total. The van der Waals surface area contributed by atoms with E-state index in [1.807, 2.05) is 30.3 Å². The van der Waals surface area contributed by atoms with Gasteiger partial charge in [-0.05, 0) is 42.0 Å². The van der Waals surface area contributed by atoms with Gasteiger partial charge in [0.15, 0.2) is 17.3 Å². The maximum atomic E-state index is 5.39. The Labute approximate surface area is 136 Å². The quantitative estimate of drug-likeness (QED) is 0.717. The van der Waals surface area contributed by atoms with E-state index in [9.17, 15) is 0 Å². The molecule has 7 nitrogen and oxygen atoms in total. The molecule has 0 unspecified atom stereocenters. The molecule has 0 atom stereocenters. The second-order valence-corrected chi connectivity index (χ2v) is 5.33. The van der Waals surface area contributed by atoms with Crippen LogP contribution in [0.4, 0.5) is 0 Å². The lowest BCUT2D eigenvalue weighted by Gasteiger charge is -2.10. The maximum absolute atomic E-state index is 5.39. The van der Waals surface area contributed by atoms with Crippen molar-refractivity contribution in [1.82, 2.24) is 19.9 Å². The Kier molecular flexibility index (Phi) is 3.43. The van der Waals surface area contributed by atoms with E-state index in [1.165, 1.54) is 0 Å². The Balaban J connectivity index is 1.58. The fourth-order valence-electron chi connectivity index (χ4n) is 2.36. The summed E-state index contributed by atoms with van der Waals surface area (Å²) in [6.07, 6.45) is 3.43. The molecular formula is C15H13N5O2S. The summed E-state index contributed by atoms with van der Waals surface area (Å²) in [5.41, 5.74) is 5.24. The largest absolute Gasteiger partial charge is 0.454 e. The molecule has 8 heteroatoms. The molecule has 3 heterocycles. The summed E-state index contributed by atoms with van der Waals surface area (Å²) >= 11 is 5.29. The Morgan fingerprint density at radius 1 is 1.17 bits per heavy atom. The van der Waals surface area contributed by atoms with Crippen molar-refractivity contribution in [3.05, 3.63) is 53.1 Å². The van der Waals surface area contributed by atoms with Crippen molar-refractivity contribution in [2.24, 2.45) is 0 Å². The predicted octanol–water partition coefficient (Wildman–Crippen LogP) is 2.48. The average molecular weight is 327 g/mol. The van der Waals surface area contributed by atoms with Crippen LogP contribution in [-0.4, -0.2) is 26.7 Å². The molecule has 3 aromatic rings. The number of aromatic amines is 1. The van der Waals surface area contributed by atoms with E-state index in [1.54, 1.807) is 17.1 Å². The Hall–Kier alpha value is -2.87. The van der Waals surface area contributed by atoms with Crippen molar-refractivity contribution in [1.29, 1.82) is 0 Å². The van der Waals surface area contributed by atoms with Crippen LogP contribution < -0.4 is 14.9 Å². The molecule has 0 saturated carbocycles. The van der Waals surface area contributed by atoms with Crippen LogP contribution in [0.2, 0.25) is 0 Å². The molecule has 1 aliphatic heterocycles. The second kappa shape index (κ2) is 5.73. The topological polar surface area (TPSA) is 77.0 Å². The van der Waals surface area contributed by atoms with E-state index in [2.05, 4.69) is 20.6 Å². The third-order valence-corrected chi connectivity index (χ3v) is 3.76. The number of hydrogen-bond acceptors (Lipinski definition) is 6. The molecule has 2 aromatic heterocycles. The van der Waals surface area contributed by atoms with Crippen LogP contribution in [-0.2, 0) is 6.54 Å². The van der Waals surface area contributed by atoms with Crippen LogP contribution in [0.1, 0.15) is 5.56 Å². The fraction of sp³-hybridized carbons (Fsp3) is 0.133. The molecule has 1 aromatic carbocycles. The van der Waals surface area contributed by atoms with Gasteiger partial charge in [0, 0.05) is 18.0 Å². The lowest BCUT2D eigenvalue weighted by atomic mass is 10.2. The van der Waals surface area contributed by atoms with Gasteiger partial charge in [0.25, 0.3) is 0 Å². The SMILES string of the molecule is S=c1[nH]nc(-c2ccncc2)n1NCc1ccc2c(c1)OCO2. The zero-order valence-corrected chi connectivity index (χ0v) is 12.8. The van der Waals surface area contributed by atoms with Gasteiger partial charge in [-0.1, -0.05) is 6.07 Å².